The summed E-state index contributed by atoms with van der Waals surface area (Å²) in [6, 6.07) is 5.17. The Balaban J connectivity index is 2.49. The number of rotatable bonds is 1. The first-order valence-corrected chi connectivity index (χ1v) is 4.59. The molecule has 0 amide bonds. The molecule has 0 saturated heterocycles. The van der Waals surface area contributed by atoms with Crippen LogP contribution in [0.2, 0.25) is 0 Å². The van der Waals surface area contributed by atoms with Gasteiger partial charge in [0.25, 0.3) is 0 Å². The predicted molar refractivity (Wildman–Crippen MR) is 49.9 cm³/mol. The number of Topliss-reactive ketones (excluding diaryl/α,β-unsaturated/α-hetero) is 1. The van der Waals surface area contributed by atoms with Crippen LogP contribution >= 0.6 is 0 Å². The minimum Gasteiger partial charge on any atom is -0.508 e. The van der Waals surface area contributed by atoms with Gasteiger partial charge < -0.3 is 5.11 Å². The fourth-order valence-electron chi connectivity index (χ4n) is 1.91. The van der Waals surface area contributed by atoms with Gasteiger partial charge in [-0.25, -0.2) is 0 Å². The summed E-state index contributed by atoms with van der Waals surface area (Å²) in [5.41, 5.74) is 1.55. The Morgan fingerprint density at radius 2 is 2.31 bits per heavy atom. The van der Waals surface area contributed by atoms with E-state index < -0.39 is 0 Å². The van der Waals surface area contributed by atoms with Gasteiger partial charge in [-0.2, -0.15) is 0 Å². The van der Waals surface area contributed by atoms with Gasteiger partial charge in [0.05, 0.1) is 0 Å². The van der Waals surface area contributed by atoms with E-state index in [1.54, 1.807) is 18.2 Å². The van der Waals surface area contributed by atoms with Crippen molar-refractivity contribution < 1.29 is 9.90 Å². The number of ketones is 1. The lowest BCUT2D eigenvalue weighted by molar-refractivity contribution is 0.0934. The second-order valence-electron chi connectivity index (χ2n) is 3.48. The molecule has 0 spiro atoms. The lowest BCUT2D eigenvalue weighted by atomic mass is 10.0. The quantitative estimate of drug-likeness (QED) is 0.711. The number of carbonyl (C=O) groups excluding carboxylic acids is 1. The van der Waals surface area contributed by atoms with Crippen LogP contribution in [-0.2, 0) is 6.42 Å². The number of aromatic hydroxyl groups is 1. The molecule has 2 nitrogen and oxygen atoms in total. The topological polar surface area (TPSA) is 37.3 Å². The molecule has 2 heteroatoms. The molecule has 2 rings (SSSR count). The molecular weight excluding hydrogens is 164 g/mol. The van der Waals surface area contributed by atoms with E-state index in [0.717, 1.165) is 12.0 Å². The van der Waals surface area contributed by atoms with Gasteiger partial charge in [-0.15, -0.1) is 0 Å². The molecular formula is C11H12O2. The zero-order valence-corrected chi connectivity index (χ0v) is 7.58. The third kappa shape index (κ3) is 1.13. The van der Waals surface area contributed by atoms with Crippen molar-refractivity contribution in [1.82, 2.24) is 0 Å². The average Bonchev–Trinajstić information content (AvgIpc) is 2.45. The Kier molecular flexibility index (Phi) is 1.83. The monoisotopic (exact) mass is 176 g/mol. The van der Waals surface area contributed by atoms with E-state index in [2.05, 4.69) is 0 Å². The highest BCUT2D eigenvalue weighted by molar-refractivity contribution is 6.02. The van der Waals surface area contributed by atoms with E-state index >= 15 is 0 Å². The Labute approximate surface area is 77.2 Å². The van der Waals surface area contributed by atoms with Gasteiger partial charge in [-0.05, 0) is 18.9 Å². The molecule has 1 aliphatic carbocycles. The van der Waals surface area contributed by atoms with Crippen LogP contribution in [0.1, 0.15) is 29.3 Å². The minimum atomic E-state index is 0.0864. The summed E-state index contributed by atoms with van der Waals surface area (Å²) in [5.74, 6) is 0.540. The second kappa shape index (κ2) is 2.87. The molecule has 0 radical (unpaired) electrons. The molecule has 13 heavy (non-hydrogen) atoms. The molecule has 1 aliphatic rings. The van der Waals surface area contributed by atoms with Crippen molar-refractivity contribution in [1.29, 1.82) is 0 Å². The van der Waals surface area contributed by atoms with Gasteiger partial charge in [0.1, 0.15) is 5.75 Å². The van der Waals surface area contributed by atoms with E-state index in [1.165, 1.54) is 0 Å². The van der Waals surface area contributed by atoms with E-state index in [1.807, 2.05) is 6.92 Å². The van der Waals surface area contributed by atoms with Gasteiger partial charge in [-0.1, -0.05) is 19.1 Å². The molecule has 0 aliphatic heterocycles. The van der Waals surface area contributed by atoms with Crippen LogP contribution in [0.25, 0.3) is 0 Å². The first-order valence-electron chi connectivity index (χ1n) is 4.59. The smallest absolute Gasteiger partial charge is 0.166 e. The standard InChI is InChI=1S/C11H12O2/c1-2-7-6-9-8(11(7)13)4-3-5-10(9)12/h3-5,7,12H,2,6H2,1H3. The third-order valence-corrected chi connectivity index (χ3v) is 2.73. The normalized spacial score (nSPS) is 20.4. The van der Waals surface area contributed by atoms with Crippen LogP contribution in [0.3, 0.4) is 0 Å². The van der Waals surface area contributed by atoms with Crippen molar-refractivity contribution in [3.8, 4) is 5.75 Å². The summed E-state index contributed by atoms with van der Waals surface area (Å²) >= 11 is 0. The molecule has 0 fully saturated rings. The van der Waals surface area contributed by atoms with Crippen molar-refractivity contribution in [3.05, 3.63) is 29.3 Å². The number of hydrogen-bond acceptors (Lipinski definition) is 2. The Morgan fingerprint density at radius 1 is 1.54 bits per heavy atom. The number of phenolic OH excluding ortho intramolecular Hbond substituents is 1. The zero-order valence-electron chi connectivity index (χ0n) is 7.58. The maximum Gasteiger partial charge on any atom is 0.166 e. The molecule has 1 N–H and O–H groups in total. The Bertz CT molecular complexity index is 355. The molecule has 0 aromatic heterocycles. The minimum absolute atomic E-state index is 0.0864. The van der Waals surface area contributed by atoms with Gasteiger partial charge in [0.2, 0.25) is 0 Å². The highest BCUT2D eigenvalue weighted by Crippen LogP contribution is 2.33. The number of phenols is 1. The van der Waals surface area contributed by atoms with Crippen molar-refractivity contribution in [2.75, 3.05) is 0 Å². The van der Waals surface area contributed by atoms with Gasteiger partial charge in [-0.3, -0.25) is 4.79 Å². The molecule has 1 aromatic carbocycles. The molecule has 1 atom stereocenters. The van der Waals surface area contributed by atoms with Crippen LogP contribution in [0.15, 0.2) is 18.2 Å². The van der Waals surface area contributed by atoms with Gasteiger partial charge >= 0.3 is 0 Å². The lowest BCUT2D eigenvalue weighted by Crippen LogP contribution is -2.06. The largest absolute Gasteiger partial charge is 0.508 e. The number of carbonyl (C=O) groups is 1. The fourth-order valence-corrected chi connectivity index (χ4v) is 1.91. The molecule has 1 aromatic rings. The van der Waals surface area contributed by atoms with Gasteiger partial charge in [0.15, 0.2) is 5.78 Å². The Hall–Kier alpha value is -1.31. The summed E-state index contributed by atoms with van der Waals surface area (Å²) in [6.45, 7) is 2.01. The Morgan fingerprint density at radius 3 is 2.92 bits per heavy atom. The highest BCUT2D eigenvalue weighted by atomic mass is 16.3. The van der Waals surface area contributed by atoms with Crippen LogP contribution in [-0.4, -0.2) is 10.9 Å². The maximum absolute atomic E-state index is 11.7. The van der Waals surface area contributed by atoms with Crippen molar-refractivity contribution >= 4 is 5.78 Å². The zero-order chi connectivity index (χ0) is 9.42. The fraction of sp³-hybridized carbons (Fsp3) is 0.364. The maximum atomic E-state index is 11.7. The van der Waals surface area contributed by atoms with E-state index in [0.29, 0.717) is 12.0 Å². The van der Waals surface area contributed by atoms with Crippen LogP contribution in [0.4, 0.5) is 0 Å². The highest BCUT2D eigenvalue weighted by Gasteiger charge is 2.30. The number of benzene rings is 1. The lowest BCUT2D eigenvalue weighted by Gasteiger charge is -2.00. The number of hydrogen-bond donors (Lipinski definition) is 1. The molecule has 0 heterocycles. The first-order chi connectivity index (χ1) is 6.24. The van der Waals surface area contributed by atoms with Crippen LogP contribution in [0.5, 0.6) is 5.75 Å². The van der Waals surface area contributed by atoms with Crippen molar-refractivity contribution in [2.45, 2.75) is 19.8 Å². The molecule has 0 bridgehead atoms. The SMILES string of the molecule is CCC1Cc2c(O)cccc2C1=O. The summed E-state index contributed by atoms with van der Waals surface area (Å²) in [4.78, 5) is 11.7. The second-order valence-corrected chi connectivity index (χ2v) is 3.48. The van der Waals surface area contributed by atoms with Crippen LogP contribution in [0, 0.1) is 5.92 Å². The average molecular weight is 176 g/mol. The molecule has 68 valence electrons. The predicted octanol–water partition coefficient (Wildman–Crippen LogP) is 2.16. The van der Waals surface area contributed by atoms with E-state index in [4.69, 9.17) is 0 Å². The van der Waals surface area contributed by atoms with Crippen molar-refractivity contribution in [2.24, 2.45) is 5.92 Å². The van der Waals surface area contributed by atoms with Crippen LogP contribution < -0.4 is 0 Å². The molecule has 0 saturated carbocycles. The number of fused-ring (bicyclic) bond motifs is 1. The molecule has 1 unspecified atom stereocenters. The van der Waals surface area contributed by atoms with E-state index in [9.17, 15) is 9.90 Å². The first kappa shape index (κ1) is 8.30. The van der Waals surface area contributed by atoms with E-state index in [-0.39, 0.29) is 17.5 Å². The third-order valence-electron chi connectivity index (χ3n) is 2.73. The van der Waals surface area contributed by atoms with Gasteiger partial charge in [0, 0.05) is 17.0 Å². The summed E-state index contributed by atoms with van der Waals surface area (Å²) < 4.78 is 0. The van der Waals surface area contributed by atoms with Crippen molar-refractivity contribution in [3.63, 3.8) is 0 Å². The summed E-state index contributed by atoms with van der Waals surface area (Å²) in [6.07, 6.45) is 1.56. The summed E-state index contributed by atoms with van der Waals surface area (Å²) in [7, 11) is 0. The summed E-state index contributed by atoms with van der Waals surface area (Å²) in [5, 5.41) is 9.51.